The highest BCUT2D eigenvalue weighted by atomic mass is 16.2. The van der Waals surface area contributed by atoms with E-state index in [1.165, 1.54) is 0 Å². The third kappa shape index (κ3) is 3.50. The summed E-state index contributed by atoms with van der Waals surface area (Å²) < 4.78 is 0. The van der Waals surface area contributed by atoms with Gasteiger partial charge in [0.15, 0.2) is 0 Å². The number of hydrogen-bond donors (Lipinski definition) is 2. The quantitative estimate of drug-likeness (QED) is 0.855. The molecule has 2 aromatic heterocycles. The van der Waals surface area contributed by atoms with Crippen LogP contribution >= 0.6 is 0 Å². The van der Waals surface area contributed by atoms with Crippen LogP contribution in [0, 0.1) is 13.8 Å². The van der Waals surface area contributed by atoms with Crippen LogP contribution in [0.3, 0.4) is 0 Å². The van der Waals surface area contributed by atoms with Crippen LogP contribution in [0.2, 0.25) is 0 Å². The zero-order valence-electron chi connectivity index (χ0n) is 11.4. The first-order valence-electron chi connectivity index (χ1n) is 6.28. The van der Waals surface area contributed by atoms with E-state index in [2.05, 4.69) is 20.3 Å². The highest BCUT2D eigenvalue weighted by Gasteiger charge is 2.11. The summed E-state index contributed by atoms with van der Waals surface area (Å²) >= 11 is 0. The predicted molar refractivity (Wildman–Crippen MR) is 74.1 cm³/mol. The number of aromatic nitrogens is 3. The molecule has 6 heteroatoms. The summed E-state index contributed by atoms with van der Waals surface area (Å²) in [6, 6.07) is 3.68. The molecule has 104 valence electrons. The number of hydrogen-bond acceptors (Lipinski definition) is 4. The zero-order valence-corrected chi connectivity index (χ0v) is 11.4. The van der Waals surface area contributed by atoms with Crippen molar-refractivity contribution in [3.05, 3.63) is 57.5 Å². The van der Waals surface area contributed by atoms with E-state index in [1.54, 1.807) is 32.3 Å². The minimum atomic E-state index is -0.258. The third-order valence-corrected chi connectivity index (χ3v) is 2.89. The summed E-state index contributed by atoms with van der Waals surface area (Å²) in [5, 5.41) is 2.76. The Morgan fingerprint density at radius 2 is 2.20 bits per heavy atom. The average Bonchev–Trinajstić information content (AvgIpc) is 2.42. The van der Waals surface area contributed by atoms with E-state index in [0.29, 0.717) is 23.6 Å². The highest BCUT2D eigenvalue weighted by molar-refractivity contribution is 5.78. The highest BCUT2D eigenvalue weighted by Crippen LogP contribution is 2.01. The number of nitrogens with one attached hydrogen (secondary N) is 2. The van der Waals surface area contributed by atoms with E-state index in [4.69, 9.17) is 0 Å². The molecular weight excluding hydrogens is 256 g/mol. The van der Waals surface area contributed by atoms with Crippen molar-refractivity contribution in [1.29, 1.82) is 0 Å². The van der Waals surface area contributed by atoms with Gasteiger partial charge >= 0.3 is 0 Å². The standard InChI is InChI=1S/C14H16N4O2/c1-9-12(14(20)18-10(2)17-9)6-13(19)16-8-11-4-3-5-15-7-11/h3-5,7H,6,8H2,1-2H3,(H,16,19)(H,17,18,20). The lowest BCUT2D eigenvalue weighted by molar-refractivity contribution is -0.120. The molecule has 0 aliphatic carbocycles. The van der Waals surface area contributed by atoms with Crippen LogP contribution in [-0.2, 0) is 17.8 Å². The smallest absolute Gasteiger partial charge is 0.254 e. The first kappa shape index (κ1) is 13.9. The molecular formula is C14H16N4O2. The Morgan fingerprint density at radius 3 is 2.85 bits per heavy atom. The molecule has 0 saturated carbocycles. The molecule has 2 rings (SSSR count). The van der Waals surface area contributed by atoms with Crippen LogP contribution < -0.4 is 10.9 Å². The van der Waals surface area contributed by atoms with Crippen molar-refractivity contribution in [1.82, 2.24) is 20.3 Å². The van der Waals surface area contributed by atoms with Gasteiger partial charge in [0, 0.05) is 30.2 Å². The van der Waals surface area contributed by atoms with Gasteiger partial charge in [0.25, 0.3) is 5.56 Å². The molecule has 0 aliphatic rings. The number of aryl methyl sites for hydroxylation is 2. The van der Waals surface area contributed by atoms with Gasteiger partial charge in [-0.3, -0.25) is 14.6 Å². The number of pyridine rings is 1. The molecule has 6 nitrogen and oxygen atoms in total. The Labute approximate surface area is 116 Å². The van der Waals surface area contributed by atoms with Crippen molar-refractivity contribution in [2.75, 3.05) is 0 Å². The van der Waals surface area contributed by atoms with Gasteiger partial charge in [-0.1, -0.05) is 6.07 Å². The van der Waals surface area contributed by atoms with Gasteiger partial charge in [-0.05, 0) is 25.5 Å². The summed E-state index contributed by atoms with van der Waals surface area (Å²) in [4.78, 5) is 34.4. The van der Waals surface area contributed by atoms with Gasteiger partial charge in [0.1, 0.15) is 5.82 Å². The number of carbonyl (C=O) groups excluding carboxylic acids is 1. The fraction of sp³-hybridized carbons (Fsp3) is 0.286. The van der Waals surface area contributed by atoms with E-state index in [0.717, 1.165) is 5.56 Å². The van der Waals surface area contributed by atoms with Gasteiger partial charge in [0.05, 0.1) is 6.42 Å². The SMILES string of the molecule is Cc1nc(C)c(CC(=O)NCc2cccnc2)c(=O)[nH]1. The minimum absolute atomic E-state index is 0.0225. The second-order valence-corrected chi connectivity index (χ2v) is 4.53. The van der Waals surface area contributed by atoms with Crippen molar-refractivity contribution in [2.45, 2.75) is 26.8 Å². The van der Waals surface area contributed by atoms with E-state index in [1.807, 2.05) is 6.07 Å². The van der Waals surface area contributed by atoms with Crippen LogP contribution in [-0.4, -0.2) is 20.9 Å². The lowest BCUT2D eigenvalue weighted by Gasteiger charge is -2.07. The Kier molecular flexibility index (Phi) is 4.24. The van der Waals surface area contributed by atoms with Gasteiger partial charge in [-0.15, -0.1) is 0 Å². The molecule has 2 aromatic rings. The topological polar surface area (TPSA) is 87.7 Å². The number of carbonyl (C=O) groups is 1. The van der Waals surface area contributed by atoms with Crippen LogP contribution in [0.4, 0.5) is 0 Å². The molecule has 0 aliphatic heterocycles. The maximum atomic E-state index is 11.9. The van der Waals surface area contributed by atoms with E-state index in [-0.39, 0.29) is 17.9 Å². The van der Waals surface area contributed by atoms with Crippen molar-refractivity contribution in [3.8, 4) is 0 Å². The lowest BCUT2D eigenvalue weighted by atomic mass is 10.1. The second-order valence-electron chi connectivity index (χ2n) is 4.53. The molecule has 0 saturated heterocycles. The van der Waals surface area contributed by atoms with Gasteiger partial charge < -0.3 is 10.3 Å². The van der Waals surface area contributed by atoms with Crippen LogP contribution in [0.1, 0.15) is 22.6 Å². The van der Waals surface area contributed by atoms with Gasteiger partial charge in [-0.2, -0.15) is 0 Å². The first-order chi connectivity index (χ1) is 9.56. The van der Waals surface area contributed by atoms with E-state index in [9.17, 15) is 9.59 Å². The van der Waals surface area contributed by atoms with Gasteiger partial charge in [0.2, 0.25) is 5.91 Å². The molecule has 0 atom stereocenters. The van der Waals surface area contributed by atoms with Crippen LogP contribution in [0.15, 0.2) is 29.3 Å². The number of nitrogens with zero attached hydrogens (tertiary/aromatic N) is 2. The number of H-pyrrole nitrogens is 1. The monoisotopic (exact) mass is 272 g/mol. The molecule has 0 radical (unpaired) electrons. The molecule has 0 fully saturated rings. The lowest BCUT2D eigenvalue weighted by Crippen LogP contribution is -2.29. The fourth-order valence-electron chi connectivity index (χ4n) is 1.89. The van der Waals surface area contributed by atoms with Crippen molar-refractivity contribution < 1.29 is 4.79 Å². The largest absolute Gasteiger partial charge is 0.352 e. The molecule has 2 N–H and O–H groups in total. The Hall–Kier alpha value is -2.50. The Bertz CT molecular complexity index is 665. The normalized spacial score (nSPS) is 10.3. The molecule has 1 amide bonds. The van der Waals surface area contributed by atoms with Crippen LogP contribution in [0.5, 0.6) is 0 Å². The first-order valence-corrected chi connectivity index (χ1v) is 6.28. The Morgan fingerprint density at radius 1 is 1.40 bits per heavy atom. The van der Waals surface area contributed by atoms with E-state index < -0.39 is 0 Å². The molecule has 0 bridgehead atoms. The molecule has 0 spiro atoms. The average molecular weight is 272 g/mol. The third-order valence-electron chi connectivity index (χ3n) is 2.89. The van der Waals surface area contributed by atoms with Gasteiger partial charge in [-0.25, -0.2) is 4.98 Å². The summed E-state index contributed by atoms with van der Waals surface area (Å²) in [6.45, 7) is 3.83. The minimum Gasteiger partial charge on any atom is -0.352 e. The molecule has 0 aromatic carbocycles. The molecule has 2 heterocycles. The second kappa shape index (κ2) is 6.10. The Balaban J connectivity index is 2.00. The molecule has 0 unspecified atom stereocenters. The van der Waals surface area contributed by atoms with Crippen molar-refractivity contribution in [2.24, 2.45) is 0 Å². The zero-order chi connectivity index (χ0) is 14.5. The van der Waals surface area contributed by atoms with Crippen molar-refractivity contribution in [3.63, 3.8) is 0 Å². The fourth-order valence-corrected chi connectivity index (χ4v) is 1.89. The van der Waals surface area contributed by atoms with E-state index >= 15 is 0 Å². The number of amides is 1. The predicted octanol–water partition coefficient (Wildman–Crippen LogP) is 0.641. The molecule has 20 heavy (non-hydrogen) atoms. The summed E-state index contributed by atoms with van der Waals surface area (Å²) in [5.41, 5.74) is 1.64. The van der Waals surface area contributed by atoms with Crippen molar-refractivity contribution >= 4 is 5.91 Å². The summed E-state index contributed by atoms with van der Waals surface area (Å²) in [5.74, 6) is 0.333. The number of rotatable bonds is 4. The van der Waals surface area contributed by atoms with Crippen LogP contribution in [0.25, 0.3) is 0 Å². The number of aromatic amines is 1. The maximum Gasteiger partial charge on any atom is 0.254 e. The summed E-state index contributed by atoms with van der Waals surface area (Å²) in [7, 11) is 0. The maximum absolute atomic E-state index is 11.9. The summed E-state index contributed by atoms with van der Waals surface area (Å²) in [6.07, 6.45) is 3.38.